The van der Waals surface area contributed by atoms with Crippen molar-refractivity contribution >= 4 is 38.4 Å². The molecule has 2 aromatic carbocycles. The zero-order chi connectivity index (χ0) is 11.8. The number of halogens is 2. The smallest absolute Gasteiger partial charge is 0.0470 e. The highest BCUT2D eigenvalue weighted by molar-refractivity contribution is 9.10. The maximum atomic E-state index is 5.88. The summed E-state index contributed by atoms with van der Waals surface area (Å²) < 4.78 is 1.08. The second-order valence-electron chi connectivity index (χ2n) is 3.92. The van der Waals surface area contributed by atoms with Gasteiger partial charge in [-0.3, -0.25) is 0 Å². The van der Waals surface area contributed by atoms with Crippen LogP contribution < -0.4 is 0 Å². The van der Waals surface area contributed by atoms with Gasteiger partial charge >= 0.3 is 0 Å². The number of hydrogen-bond donors (Lipinski definition) is 1. The van der Waals surface area contributed by atoms with E-state index in [1.807, 2.05) is 30.3 Å². The first kappa shape index (κ1) is 10.9. The number of fused-ring (bicyclic) bond motifs is 1. The van der Waals surface area contributed by atoms with Crippen molar-refractivity contribution in [1.82, 2.24) is 4.98 Å². The van der Waals surface area contributed by atoms with Gasteiger partial charge in [-0.05, 0) is 35.9 Å². The topological polar surface area (TPSA) is 15.8 Å². The average Bonchev–Trinajstić information content (AvgIpc) is 2.72. The van der Waals surface area contributed by atoms with Gasteiger partial charge in [0.25, 0.3) is 0 Å². The molecular formula is C14H9BrClN. The van der Waals surface area contributed by atoms with Crippen molar-refractivity contribution in [2.24, 2.45) is 0 Å². The van der Waals surface area contributed by atoms with Gasteiger partial charge in [0.15, 0.2) is 0 Å². The fourth-order valence-corrected chi connectivity index (χ4v) is 2.37. The third-order valence-electron chi connectivity index (χ3n) is 2.74. The molecule has 0 atom stereocenters. The second kappa shape index (κ2) is 4.21. The first-order valence-corrected chi connectivity index (χ1v) is 6.44. The number of H-pyrrole nitrogens is 1. The molecule has 0 spiro atoms. The van der Waals surface area contributed by atoms with Crippen molar-refractivity contribution in [3.63, 3.8) is 0 Å². The number of nitrogens with one attached hydrogen (secondary N) is 1. The molecule has 0 amide bonds. The highest BCUT2D eigenvalue weighted by Crippen LogP contribution is 2.26. The van der Waals surface area contributed by atoms with Crippen LogP contribution in [-0.4, -0.2) is 4.98 Å². The van der Waals surface area contributed by atoms with E-state index in [0.29, 0.717) is 0 Å². The van der Waals surface area contributed by atoms with Crippen molar-refractivity contribution in [2.75, 3.05) is 0 Å². The molecule has 17 heavy (non-hydrogen) atoms. The highest BCUT2D eigenvalue weighted by atomic mass is 79.9. The molecule has 0 bridgehead atoms. The van der Waals surface area contributed by atoms with E-state index in [-0.39, 0.29) is 0 Å². The maximum absolute atomic E-state index is 5.88. The molecule has 0 saturated carbocycles. The SMILES string of the molecule is Clc1ccc(-c2cc3ccc(Br)cc3[nH]2)cc1. The largest absolute Gasteiger partial charge is 0.354 e. The van der Waals surface area contributed by atoms with Gasteiger partial charge in [0.2, 0.25) is 0 Å². The molecule has 84 valence electrons. The highest BCUT2D eigenvalue weighted by Gasteiger charge is 2.03. The van der Waals surface area contributed by atoms with E-state index in [0.717, 1.165) is 26.3 Å². The van der Waals surface area contributed by atoms with E-state index in [9.17, 15) is 0 Å². The summed E-state index contributed by atoms with van der Waals surface area (Å²) in [5, 5.41) is 1.96. The molecule has 0 aliphatic heterocycles. The Hall–Kier alpha value is -1.25. The van der Waals surface area contributed by atoms with E-state index < -0.39 is 0 Å². The van der Waals surface area contributed by atoms with Crippen LogP contribution in [0.2, 0.25) is 5.02 Å². The van der Waals surface area contributed by atoms with Crippen molar-refractivity contribution < 1.29 is 0 Å². The van der Waals surface area contributed by atoms with Crippen LogP contribution in [0, 0.1) is 0 Å². The molecule has 0 saturated heterocycles. The van der Waals surface area contributed by atoms with Crippen molar-refractivity contribution in [3.8, 4) is 11.3 Å². The Morgan fingerprint density at radius 3 is 2.47 bits per heavy atom. The average molecular weight is 307 g/mol. The molecule has 3 aromatic rings. The monoisotopic (exact) mass is 305 g/mol. The summed E-state index contributed by atoms with van der Waals surface area (Å²) in [6.45, 7) is 0. The Morgan fingerprint density at radius 1 is 0.941 bits per heavy atom. The Kier molecular flexibility index (Phi) is 2.69. The van der Waals surface area contributed by atoms with Crippen LogP contribution in [0.4, 0.5) is 0 Å². The molecule has 0 radical (unpaired) electrons. The van der Waals surface area contributed by atoms with Crippen LogP contribution in [0.25, 0.3) is 22.2 Å². The molecular weight excluding hydrogens is 298 g/mol. The van der Waals surface area contributed by atoms with Gasteiger partial charge in [0.1, 0.15) is 0 Å². The molecule has 0 unspecified atom stereocenters. The summed E-state index contributed by atoms with van der Waals surface area (Å²) >= 11 is 9.35. The van der Waals surface area contributed by atoms with E-state index in [1.165, 1.54) is 5.39 Å². The van der Waals surface area contributed by atoms with Crippen LogP contribution in [0.5, 0.6) is 0 Å². The van der Waals surface area contributed by atoms with E-state index in [2.05, 4.69) is 39.1 Å². The molecule has 0 fully saturated rings. The molecule has 0 aliphatic carbocycles. The van der Waals surface area contributed by atoms with E-state index >= 15 is 0 Å². The van der Waals surface area contributed by atoms with Crippen LogP contribution in [0.3, 0.4) is 0 Å². The number of rotatable bonds is 1. The van der Waals surface area contributed by atoms with E-state index in [4.69, 9.17) is 11.6 Å². The summed E-state index contributed by atoms with van der Waals surface area (Å²) in [5.41, 5.74) is 3.38. The third-order valence-corrected chi connectivity index (χ3v) is 3.48. The number of hydrogen-bond acceptors (Lipinski definition) is 0. The van der Waals surface area contributed by atoms with Crippen LogP contribution in [0.1, 0.15) is 0 Å². The second-order valence-corrected chi connectivity index (χ2v) is 5.27. The predicted molar refractivity (Wildman–Crippen MR) is 76.4 cm³/mol. The fraction of sp³-hybridized carbons (Fsp3) is 0. The molecule has 1 N–H and O–H groups in total. The van der Waals surface area contributed by atoms with Gasteiger partial charge < -0.3 is 4.98 Å². The number of benzene rings is 2. The Balaban J connectivity index is 2.14. The first-order valence-electron chi connectivity index (χ1n) is 5.26. The van der Waals surface area contributed by atoms with Gasteiger partial charge in [-0.1, -0.05) is 45.7 Å². The molecule has 1 aromatic heterocycles. The molecule has 3 heteroatoms. The minimum Gasteiger partial charge on any atom is -0.354 e. The predicted octanol–water partition coefficient (Wildman–Crippen LogP) is 5.25. The normalized spacial score (nSPS) is 10.9. The Morgan fingerprint density at radius 2 is 1.71 bits per heavy atom. The van der Waals surface area contributed by atoms with Crippen molar-refractivity contribution in [2.45, 2.75) is 0 Å². The maximum Gasteiger partial charge on any atom is 0.0470 e. The van der Waals surface area contributed by atoms with Gasteiger partial charge in [-0.15, -0.1) is 0 Å². The Labute approximate surface area is 113 Å². The fourth-order valence-electron chi connectivity index (χ4n) is 1.88. The summed E-state index contributed by atoms with van der Waals surface area (Å²) in [6.07, 6.45) is 0. The van der Waals surface area contributed by atoms with Crippen LogP contribution >= 0.6 is 27.5 Å². The molecule has 0 aliphatic rings. The lowest BCUT2D eigenvalue weighted by atomic mass is 10.1. The van der Waals surface area contributed by atoms with Gasteiger partial charge in [-0.2, -0.15) is 0 Å². The summed E-state index contributed by atoms with van der Waals surface area (Å²) in [5.74, 6) is 0. The number of aromatic amines is 1. The van der Waals surface area contributed by atoms with Gasteiger partial charge in [0, 0.05) is 26.1 Å². The number of aromatic nitrogens is 1. The zero-order valence-corrected chi connectivity index (χ0v) is 11.2. The standard InChI is InChI=1S/C14H9BrClN/c15-11-4-1-10-7-13(17-14(10)8-11)9-2-5-12(16)6-3-9/h1-8,17H. The first-order chi connectivity index (χ1) is 8.22. The lowest BCUT2D eigenvalue weighted by Crippen LogP contribution is -1.75. The van der Waals surface area contributed by atoms with Crippen molar-refractivity contribution in [3.05, 3.63) is 58.0 Å². The quantitative estimate of drug-likeness (QED) is 0.632. The van der Waals surface area contributed by atoms with Crippen LogP contribution in [-0.2, 0) is 0 Å². The summed E-state index contributed by atoms with van der Waals surface area (Å²) in [4.78, 5) is 3.40. The van der Waals surface area contributed by atoms with Crippen LogP contribution in [0.15, 0.2) is 53.0 Å². The van der Waals surface area contributed by atoms with Gasteiger partial charge in [0.05, 0.1) is 0 Å². The summed E-state index contributed by atoms with van der Waals surface area (Å²) in [6, 6.07) is 16.2. The minimum atomic E-state index is 0.757. The lowest BCUT2D eigenvalue weighted by molar-refractivity contribution is 1.45. The minimum absolute atomic E-state index is 0.757. The lowest BCUT2D eigenvalue weighted by Gasteiger charge is -1.97. The van der Waals surface area contributed by atoms with E-state index in [1.54, 1.807) is 0 Å². The third kappa shape index (κ3) is 2.11. The van der Waals surface area contributed by atoms with Gasteiger partial charge in [-0.25, -0.2) is 0 Å². The molecule has 3 rings (SSSR count). The zero-order valence-electron chi connectivity index (χ0n) is 8.87. The summed E-state index contributed by atoms with van der Waals surface area (Å²) in [7, 11) is 0. The Bertz CT molecular complexity index is 670. The van der Waals surface area contributed by atoms with Crippen molar-refractivity contribution in [1.29, 1.82) is 0 Å². The molecule has 1 heterocycles. The molecule has 1 nitrogen and oxygen atoms in total.